The van der Waals surface area contributed by atoms with Crippen LogP contribution in [0.25, 0.3) is 0 Å². The first kappa shape index (κ1) is 28.4. The van der Waals surface area contributed by atoms with Crippen LogP contribution in [-0.2, 0) is 33.0 Å². The Bertz CT molecular complexity index is 1470. The summed E-state index contributed by atoms with van der Waals surface area (Å²) in [4.78, 5) is 19.3. The van der Waals surface area contributed by atoms with Crippen molar-refractivity contribution in [1.82, 2.24) is 0 Å². The van der Waals surface area contributed by atoms with Crippen molar-refractivity contribution in [3.63, 3.8) is 0 Å². The van der Waals surface area contributed by atoms with Crippen molar-refractivity contribution in [2.45, 2.75) is 50.7 Å². The molecule has 0 bridgehead atoms. The number of halogens is 2. The average molecular weight is 572 g/mol. The number of benzene rings is 4. The van der Waals surface area contributed by atoms with Crippen LogP contribution in [0.2, 0.25) is 5.02 Å². The number of carbonyl (C=O) groups excluding carboxylic acids is 1. The summed E-state index contributed by atoms with van der Waals surface area (Å²) >= 11 is 6.42. The smallest absolute Gasteiger partial charge is 0.322 e. The molecule has 1 aliphatic carbocycles. The van der Waals surface area contributed by atoms with E-state index in [9.17, 15) is 9.18 Å². The van der Waals surface area contributed by atoms with Gasteiger partial charge in [-0.25, -0.2) is 4.39 Å². The molecule has 0 heterocycles. The van der Waals surface area contributed by atoms with Crippen LogP contribution in [0.15, 0.2) is 108 Å². The molecule has 1 saturated carbocycles. The summed E-state index contributed by atoms with van der Waals surface area (Å²) < 4.78 is 25.7. The predicted octanol–water partition coefficient (Wildman–Crippen LogP) is 8.38. The maximum absolute atomic E-state index is 13.8. The number of hydrogen-bond acceptors (Lipinski definition) is 5. The molecule has 210 valence electrons. The van der Waals surface area contributed by atoms with Gasteiger partial charge in [-0.05, 0) is 71.1 Å². The molecule has 0 saturated heterocycles. The zero-order valence-electron chi connectivity index (χ0n) is 22.6. The lowest BCUT2D eigenvalue weighted by Crippen LogP contribution is -2.41. The highest BCUT2D eigenvalue weighted by Gasteiger charge is 2.44. The highest BCUT2D eigenvalue weighted by molar-refractivity contribution is 6.31. The normalized spacial score (nSPS) is 14.7. The minimum Gasteiger partial charge on any atom is -0.470 e. The van der Waals surface area contributed by atoms with Gasteiger partial charge in [-0.2, -0.15) is 0 Å². The van der Waals surface area contributed by atoms with Crippen molar-refractivity contribution < 1.29 is 23.5 Å². The highest BCUT2D eigenvalue weighted by Crippen LogP contribution is 2.43. The fourth-order valence-corrected chi connectivity index (χ4v) is 5.46. The summed E-state index contributed by atoms with van der Waals surface area (Å²) in [6.45, 7) is 0.606. The van der Waals surface area contributed by atoms with E-state index in [1.807, 2.05) is 60.7 Å². The SMILES string of the molecule is O=C(Oc1ccc(C(=NOCc2ccccc2)OCc2ccccc2)cc1)C1(c2ccc(F)cc2Cl)CCCCC1. The lowest BCUT2D eigenvalue weighted by molar-refractivity contribution is -0.142. The Kier molecular flexibility index (Phi) is 9.32. The van der Waals surface area contributed by atoms with E-state index in [0.717, 1.165) is 30.4 Å². The number of ether oxygens (including phenoxy) is 2. The number of nitrogens with zero attached hydrogens (tertiary/aromatic N) is 1. The summed E-state index contributed by atoms with van der Waals surface area (Å²) in [5, 5.41) is 4.52. The average Bonchev–Trinajstić information content (AvgIpc) is 3.00. The lowest BCUT2D eigenvalue weighted by Gasteiger charge is -2.35. The van der Waals surface area contributed by atoms with Gasteiger partial charge in [0.25, 0.3) is 5.90 Å². The Morgan fingerprint density at radius 3 is 2.07 bits per heavy atom. The van der Waals surface area contributed by atoms with E-state index in [1.165, 1.54) is 12.1 Å². The molecule has 41 heavy (non-hydrogen) atoms. The molecule has 5 rings (SSSR count). The number of oxime groups is 1. The summed E-state index contributed by atoms with van der Waals surface area (Å²) in [6.07, 6.45) is 3.95. The number of esters is 1. The Morgan fingerprint density at radius 2 is 1.44 bits per heavy atom. The zero-order valence-corrected chi connectivity index (χ0v) is 23.4. The van der Waals surface area contributed by atoms with E-state index in [1.54, 1.807) is 30.3 Å². The first-order valence-electron chi connectivity index (χ1n) is 13.7. The third-order valence-corrected chi connectivity index (χ3v) is 7.61. The molecule has 7 heteroatoms. The first-order chi connectivity index (χ1) is 20.0. The molecule has 0 aromatic heterocycles. The molecular weight excluding hydrogens is 541 g/mol. The van der Waals surface area contributed by atoms with Crippen LogP contribution < -0.4 is 4.74 Å². The van der Waals surface area contributed by atoms with E-state index in [-0.39, 0.29) is 11.0 Å². The Labute approximate surface area is 244 Å². The largest absolute Gasteiger partial charge is 0.470 e. The van der Waals surface area contributed by atoms with Gasteiger partial charge in [-0.15, -0.1) is 0 Å². The van der Waals surface area contributed by atoms with Crippen LogP contribution in [0, 0.1) is 5.82 Å². The molecule has 4 aromatic carbocycles. The summed E-state index contributed by atoms with van der Waals surface area (Å²) in [6, 6.07) is 30.7. The van der Waals surface area contributed by atoms with Crippen molar-refractivity contribution in [3.8, 4) is 5.75 Å². The van der Waals surface area contributed by atoms with E-state index in [0.29, 0.717) is 48.8 Å². The van der Waals surface area contributed by atoms with Gasteiger partial charge in [0.15, 0.2) is 0 Å². The second-order valence-electron chi connectivity index (χ2n) is 10.1. The summed E-state index contributed by atoms with van der Waals surface area (Å²) in [5.41, 5.74) is 2.34. The summed E-state index contributed by atoms with van der Waals surface area (Å²) in [7, 11) is 0. The van der Waals surface area contributed by atoms with Gasteiger partial charge in [0.1, 0.15) is 24.8 Å². The van der Waals surface area contributed by atoms with E-state index in [4.69, 9.17) is 25.9 Å². The molecular formula is C34H31ClFNO4. The van der Waals surface area contributed by atoms with Crippen LogP contribution in [0.3, 0.4) is 0 Å². The number of hydrogen-bond donors (Lipinski definition) is 0. The molecule has 0 amide bonds. The maximum atomic E-state index is 13.8. The van der Waals surface area contributed by atoms with Crippen LogP contribution in [0.5, 0.6) is 5.75 Å². The molecule has 5 nitrogen and oxygen atoms in total. The Morgan fingerprint density at radius 1 is 0.805 bits per heavy atom. The van der Waals surface area contributed by atoms with Crippen LogP contribution in [0.1, 0.15) is 54.4 Å². The van der Waals surface area contributed by atoms with E-state index < -0.39 is 11.2 Å². The van der Waals surface area contributed by atoms with E-state index in [2.05, 4.69) is 5.16 Å². The molecule has 0 N–H and O–H groups in total. The molecule has 1 fully saturated rings. The van der Waals surface area contributed by atoms with Crippen molar-refractivity contribution in [2.75, 3.05) is 0 Å². The van der Waals surface area contributed by atoms with Crippen molar-refractivity contribution >= 4 is 23.5 Å². The minimum absolute atomic E-state index is 0.242. The quantitative estimate of drug-likeness (QED) is 0.0665. The maximum Gasteiger partial charge on any atom is 0.322 e. The molecule has 0 unspecified atom stereocenters. The van der Waals surface area contributed by atoms with Gasteiger partial charge in [0.05, 0.1) is 5.41 Å². The van der Waals surface area contributed by atoms with Crippen LogP contribution in [0.4, 0.5) is 4.39 Å². The van der Waals surface area contributed by atoms with Crippen molar-refractivity contribution in [1.29, 1.82) is 0 Å². The molecule has 4 aromatic rings. The second-order valence-corrected chi connectivity index (χ2v) is 10.5. The van der Waals surface area contributed by atoms with Gasteiger partial charge in [-0.1, -0.05) is 97.6 Å². The number of rotatable bonds is 9. The lowest BCUT2D eigenvalue weighted by atomic mass is 9.69. The predicted molar refractivity (Wildman–Crippen MR) is 157 cm³/mol. The molecule has 0 aliphatic heterocycles. The van der Waals surface area contributed by atoms with Gasteiger partial charge in [0.2, 0.25) is 0 Å². The Balaban J connectivity index is 1.33. The molecule has 0 spiro atoms. The van der Waals surface area contributed by atoms with Crippen LogP contribution >= 0.6 is 11.6 Å². The number of carbonyl (C=O) groups is 1. The highest BCUT2D eigenvalue weighted by atomic mass is 35.5. The minimum atomic E-state index is -0.918. The fraction of sp³-hybridized carbons (Fsp3) is 0.235. The second kappa shape index (κ2) is 13.5. The topological polar surface area (TPSA) is 57.1 Å². The third-order valence-electron chi connectivity index (χ3n) is 7.30. The fourth-order valence-electron chi connectivity index (χ4n) is 5.11. The first-order valence-corrected chi connectivity index (χ1v) is 14.1. The molecule has 1 aliphatic rings. The van der Waals surface area contributed by atoms with Gasteiger partial charge < -0.3 is 14.3 Å². The van der Waals surface area contributed by atoms with Crippen molar-refractivity contribution in [3.05, 3.63) is 136 Å². The van der Waals surface area contributed by atoms with Gasteiger partial charge >= 0.3 is 5.97 Å². The third kappa shape index (κ3) is 7.14. The van der Waals surface area contributed by atoms with Crippen LogP contribution in [-0.4, -0.2) is 11.9 Å². The van der Waals surface area contributed by atoms with Gasteiger partial charge in [-0.3, -0.25) is 4.79 Å². The van der Waals surface area contributed by atoms with Gasteiger partial charge in [0, 0.05) is 10.6 Å². The zero-order chi connectivity index (χ0) is 28.5. The summed E-state index contributed by atoms with van der Waals surface area (Å²) in [5.74, 6) is -0.133. The molecule has 0 radical (unpaired) electrons. The standard InChI is InChI=1S/C34H31ClFNO4/c35-31-22-28(36)16-19-30(31)34(20-8-3-9-21-34)33(38)41-29-17-14-27(15-18-29)32(39-23-25-10-4-1-5-11-25)37-40-24-26-12-6-2-7-13-26/h1-2,4-7,10-19,22H,3,8-9,20-21,23-24H2. The molecule has 0 atom stereocenters. The Hall–Kier alpha value is -4.16. The van der Waals surface area contributed by atoms with Crippen molar-refractivity contribution in [2.24, 2.45) is 5.16 Å². The van der Waals surface area contributed by atoms with E-state index >= 15 is 0 Å². The monoisotopic (exact) mass is 571 g/mol.